The van der Waals surface area contributed by atoms with E-state index in [2.05, 4.69) is 12.2 Å². The Balaban J connectivity index is 2.61. The Morgan fingerprint density at radius 2 is 1.96 bits per heavy atom. The van der Waals surface area contributed by atoms with Crippen LogP contribution in [-0.2, 0) is 16.1 Å². The topological polar surface area (TPSA) is 84.9 Å². The number of carbonyl (C=O) groups excluding carboxylic acids is 1. The van der Waals surface area contributed by atoms with Crippen molar-refractivity contribution in [3.05, 3.63) is 23.8 Å². The SMILES string of the molecule is CCCCCCOc1c(CNC(=O)CCC(=O)O)cccc1OC. The minimum atomic E-state index is -0.984. The van der Waals surface area contributed by atoms with Crippen molar-refractivity contribution in [1.82, 2.24) is 5.32 Å². The fourth-order valence-electron chi connectivity index (χ4n) is 2.23. The average Bonchev–Trinajstić information content (AvgIpc) is 2.58. The quantitative estimate of drug-likeness (QED) is 0.572. The average molecular weight is 337 g/mol. The van der Waals surface area contributed by atoms with Crippen LogP contribution in [0.5, 0.6) is 11.5 Å². The minimum absolute atomic E-state index is 0.0352. The fraction of sp³-hybridized carbons (Fsp3) is 0.556. The van der Waals surface area contributed by atoms with Gasteiger partial charge in [0.15, 0.2) is 11.5 Å². The first-order chi connectivity index (χ1) is 11.6. The first-order valence-corrected chi connectivity index (χ1v) is 8.35. The molecule has 24 heavy (non-hydrogen) atoms. The highest BCUT2D eigenvalue weighted by molar-refractivity contribution is 5.80. The third kappa shape index (κ3) is 7.35. The summed E-state index contributed by atoms with van der Waals surface area (Å²) < 4.78 is 11.2. The van der Waals surface area contributed by atoms with Gasteiger partial charge in [-0.3, -0.25) is 9.59 Å². The van der Waals surface area contributed by atoms with Crippen molar-refractivity contribution >= 4 is 11.9 Å². The summed E-state index contributed by atoms with van der Waals surface area (Å²) in [5, 5.41) is 11.3. The maximum Gasteiger partial charge on any atom is 0.303 e. The van der Waals surface area contributed by atoms with Crippen LogP contribution in [0.4, 0.5) is 0 Å². The number of carbonyl (C=O) groups is 2. The summed E-state index contributed by atoms with van der Waals surface area (Å²) in [4.78, 5) is 22.2. The van der Waals surface area contributed by atoms with Crippen LogP contribution in [0, 0.1) is 0 Å². The Morgan fingerprint density at radius 1 is 1.17 bits per heavy atom. The van der Waals surface area contributed by atoms with Gasteiger partial charge in [-0.1, -0.05) is 38.3 Å². The van der Waals surface area contributed by atoms with E-state index in [0.29, 0.717) is 18.1 Å². The molecule has 0 aliphatic carbocycles. The molecule has 0 bridgehead atoms. The molecule has 2 N–H and O–H groups in total. The molecule has 0 aliphatic rings. The van der Waals surface area contributed by atoms with Crippen LogP contribution in [-0.4, -0.2) is 30.7 Å². The van der Waals surface area contributed by atoms with E-state index in [0.717, 1.165) is 18.4 Å². The number of ether oxygens (including phenoxy) is 2. The van der Waals surface area contributed by atoms with Crippen molar-refractivity contribution in [3.8, 4) is 11.5 Å². The normalized spacial score (nSPS) is 10.2. The molecule has 6 nitrogen and oxygen atoms in total. The predicted molar refractivity (Wildman–Crippen MR) is 91.3 cm³/mol. The molecule has 0 saturated heterocycles. The zero-order valence-corrected chi connectivity index (χ0v) is 14.5. The van der Waals surface area contributed by atoms with Crippen molar-refractivity contribution in [2.75, 3.05) is 13.7 Å². The van der Waals surface area contributed by atoms with E-state index in [9.17, 15) is 9.59 Å². The van der Waals surface area contributed by atoms with Crippen molar-refractivity contribution in [2.45, 2.75) is 52.0 Å². The van der Waals surface area contributed by atoms with Gasteiger partial charge < -0.3 is 19.9 Å². The number of benzene rings is 1. The maximum atomic E-state index is 11.7. The second-order valence-electron chi connectivity index (χ2n) is 5.53. The van der Waals surface area contributed by atoms with Gasteiger partial charge in [-0.2, -0.15) is 0 Å². The third-order valence-electron chi connectivity index (χ3n) is 3.57. The number of amides is 1. The molecular formula is C18H27NO5. The number of carboxylic acid groups (broad SMARTS) is 1. The second-order valence-corrected chi connectivity index (χ2v) is 5.53. The lowest BCUT2D eigenvalue weighted by Gasteiger charge is -2.15. The molecule has 6 heteroatoms. The molecule has 0 aliphatic heterocycles. The number of nitrogens with one attached hydrogen (secondary N) is 1. The Morgan fingerprint density at radius 3 is 2.62 bits per heavy atom. The molecule has 1 aromatic carbocycles. The lowest BCUT2D eigenvalue weighted by Crippen LogP contribution is -2.23. The van der Waals surface area contributed by atoms with Crippen LogP contribution >= 0.6 is 0 Å². The maximum absolute atomic E-state index is 11.7. The van der Waals surface area contributed by atoms with Crippen LogP contribution in [0.3, 0.4) is 0 Å². The van der Waals surface area contributed by atoms with Gasteiger partial charge in [0.1, 0.15) is 0 Å². The Kier molecular flexibility index (Phi) is 9.34. The van der Waals surface area contributed by atoms with E-state index in [1.807, 2.05) is 18.2 Å². The molecule has 0 atom stereocenters. The molecule has 1 rings (SSSR count). The number of methoxy groups -OCH3 is 1. The van der Waals surface area contributed by atoms with Gasteiger partial charge in [-0.25, -0.2) is 0 Å². The summed E-state index contributed by atoms with van der Waals surface area (Å²) in [6, 6.07) is 5.51. The standard InChI is InChI=1S/C18H27NO5/c1-3-4-5-6-12-24-18-14(8-7-9-15(18)23-2)13-19-16(20)10-11-17(21)22/h7-9H,3-6,10-13H2,1-2H3,(H,19,20)(H,21,22). The predicted octanol–water partition coefficient (Wildman–Crippen LogP) is 3.14. The third-order valence-corrected chi connectivity index (χ3v) is 3.57. The van der Waals surface area contributed by atoms with Gasteiger partial charge >= 0.3 is 5.97 Å². The molecule has 0 aromatic heterocycles. The number of rotatable bonds is 12. The molecule has 0 saturated carbocycles. The number of unbranched alkanes of at least 4 members (excludes halogenated alkanes) is 3. The minimum Gasteiger partial charge on any atom is -0.493 e. The summed E-state index contributed by atoms with van der Waals surface area (Å²) in [6.45, 7) is 3.03. The summed E-state index contributed by atoms with van der Waals surface area (Å²) in [5.41, 5.74) is 0.813. The largest absolute Gasteiger partial charge is 0.493 e. The number of para-hydroxylation sites is 1. The van der Waals surface area contributed by atoms with E-state index in [1.165, 1.54) is 12.8 Å². The molecule has 0 radical (unpaired) electrons. The number of carboxylic acids is 1. The van der Waals surface area contributed by atoms with Crippen LogP contribution in [0.1, 0.15) is 51.0 Å². The van der Waals surface area contributed by atoms with Crippen LogP contribution in [0.25, 0.3) is 0 Å². The zero-order chi connectivity index (χ0) is 17.8. The van der Waals surface area contributed by atoms with Crippen molar-refractivity contribution < 1.29 is 24.2 Å². The summed E-state index contributed by atoms with van der Waals surface area (Å²) >= 11 is 0. The number of aliphatic carboxylic acids is 1. The summed E-state index contributed by atoms with van der Waals surface area (Å²) in [7, 11) is 1.58. The van der Waals surface area contributed by atoms with Crippen LogP contribution in [0.2, 0.25) is 0 Å². The zero-order valence-electron chi connectivity index (χ0n) is 14.5. The van der Waals surface area contributed by atoms with Gasteiger partial charge in [-0.15, -0.1) is 0 Å². The molecule has 0 spiro atoms. The lowest BCUT2D eigenvalue weighted by molar-refractivity contribution is -0.138. The molecule has 0 unspecified atom stereocenters. The van der Waals surface area contributed by atoms with Crippen molar-refractivity contribution in [3.63, 3.8) is 0 Å². The highest BCUT2D eigenvalue weighted by Gasteiger charge is 2.12. The first-order valence-electron chi connectivity index (χ1n) is 8.35. The number of hydrogen-bond donors (Lipinski definition) is 2. The molecular weight excluding hydrogens is 310 g/mol. The smallest absolute Gasteiger partial charge is 0.303 e. The summed E-state index contributed by atoms with van der Waals surface area (Å²) in [6.07, 6.45) is 4.23. The van der Waals surface area contributed by atoms with Gasteiger partial charge in [0, 0.05) is 18.5 Å². The molecule has 1 amide bonds. The molecule has 0 heterocycles. The monoisotopic (exact) mass is 337 g/mol. The van der Waals surface area contributed by atoms with Gasteiger partial charge in [-0.05, 0) is 12.5 Å². The summed E-state index contributed by atoms with van der Waals surface area (Å²) in [5.74, 6) is -0.0189. The lowest BCUT2D eigenvalue weighted by atomic mass is 10.1. The van der Waals surface area contributed by atoms with Crippen LogP contribution < -0.4 is 14.8 Å². The van der Waals surface area contributed by atoms with Crippen molar-refractivity contribution in [1.29, 1.82) is 0 Å². The fourth-order valence-corrected chi connectivity index (χ4v) is 2.23. The molecule has 134 valence electrons. The van der Waals surface area contributed by atoms with E-state index >= 15 is 0 Å². The highest BCUT2D eigenvalue weighted by Crippen LogP contribution is 2.31. The van der Waals surface area contributed by atoms with Gasteiger partial charge in [0.2, 0.25) is 5.91 Å². The van der Waals surface area contributed by atoms with Gasteiger partial charge in [0.25, 0.3) is 0 Å². The molecule has 0 fully saturated rings. The first kappa shape index (κ1) is 19.8. The van der Waals surface area contributed by atoms with Gasteiger partial charge in [0.05, 0.1) is 20.1 Å². The van der Waals surface area contributed by atoms with E-state index in [4.69, 9.17) is 14.6 Å². The Hall–Kier alpha value is -2.24. The van der Waals surface area contributed by atoms with Crippen molar-refractivity contribution in [2.24, 2.45) is 0 Å². The van der Waals surface area contributed by atoms with E-state index in [-0.39, 0.29) is 25.3 Å². The number of hydrogen-bond acceptors (Lipinski definition) is 4. The van der Waals surface area contributed by atoms with E-state index < -0.39 is 5.97 Å². The highest BCUT2D eigenvalue weighted by atomic mass is 16.5. The molecule has 1 aromatic rings. The van der Waals surface area contributed by atoms with E-state index in [1.54, 1.807) is 7.11 Å². The van der Waals surface area contributed by atoms with Crippen LogP contribution in [0.15, 0.2) is 18.2 Å². The Labute approximate surface area is 143 Å². The Bertz CT molecular complexity index is 530. The second kappa shape index (κ2) is 11.3.